The van der Waals surface area contributed by atoms with E-state index in [1.165, 1.54) is 19.1 Å². The maximum atomic E-state index is 13.1. The van der Waals surface area contributed by atoms with Crippen molar-refractivity contribution >= 4 is 17.6 Å². The van der Waals surface area contributed by atoms with Crippen molar-refractivity contribution in [2.75, 3.05) is 5.73 Å². The minimum atomic E-state index is -1.46. The number of anilines is 1. The first kappa shape index (κ1) is 13.9. The molecule has 7 heteroatoms. The number of benzene rings is 1. The van der Waals surface area contributed by atoms with Crippen molar-refractivity contribution in [3.63, 3.8) is 0 Å². The van der Waals surface area contributed by atoms with Gasteiger partial charge in [-0.3, -0.25) is 4.79 Å². The molecule has 0 aliphatic carbocycles. The van der Waals surface area contributed by atoms with Crippen LogP contribution in [-0.4, -0.2) is 34.2 Å². The van der Waals surface area contributed by atoms with Gasteiger partial charge in [-0.15, -0.1) is 0 Å². The van der Waals surface area contributed by atoms with Gasteiger partial charge in [0.15, 0.2) is 6.04 Å². The molecule has 0 saturated heterocycles. The molecule has 1 amide bonds. The van der Waals surface area contributed by atoms with Crippen LogP contribution < -0.4 is 11.1 Å². The largest absolute Gasteiger partial charge is 0.480 e. The Morgan fingerprint density at radius 2 is 2.06 bits per heavy atom. The van der Waals surface area contributed by atoms with E-state index in [0.717, 1.165) is 6.07 Å². The highest BCUT2D eigenvalue weighted by atomic mass is 19.1. The van der Waals surface area contributed by atoms with E-state index in [0.29, 0.717) is 0 Å². The fourth-order valence-electron chi connectivity index (χ4n) is 1.28. The molecule has 0 heterocycles. The minimum Gasteiger partial charge on any atom is -0.480 e. The van der Waals surface area contributed by atoms with Crippen LogP contribution >= 0.6 is 0 Å². The number of carboxylic acid groups (broad SMARTS) is 1. The first-order chi connectivity index (χ1) is 8.32. The summed E-state index contributed by atoms with van der Waals surface area (Å²) in [5.74, 6) is -2.96. The van der Waals surface area contributed by atoms with Crippen LogP contribution in [0.4, 0.5) is 10.1 Å². The zero-order valence-electron chi connectivity index (χ0n) is 9.55. The van der Waals surface area contributed by atoms with Crippen LogP contribution in [0.2, 0.25) is 0 Å². The maximum Gasteiger partial charge on any atom is 0.328 e. The standard InChI is InChI=1S/C11H13FN2O4/c1-5(15)9(11(17)18)14-10(16)6-2-3-8(13)7(12)4-6/h2-5,9,15H,13H2,1H3,(H,14,16)(H,17,18). The Bertz CT molecular complexity index is 476. The van der Waals surface area contributed by atoms with Crippen LogP contribution in [0, 0.1) is 5.82 Å². The second-order valence-corrected chi connectivity index (χ2v) is 3.77. The summed E-state index contributed by atoms with van der Waals surface area (Å²) in [5, 5.41) is 20.0. The molecule has 5 N–H and O–H groups in total. The molecule has 0 saturated carbocycles. The van der Waals surface area contributed by atoms with Crippen molar-refractivity contribution in [3.05, 3.63) is 29.6 Å². The van der Waals surface area contributed by atoms with Gasteiger partial charge in [0.05, 0.1) is 11.8 Å². The Morgan fingerprint density at radius 3 is 2.50 bits per heavy atom. The first-order valence-electron chi connectivity index (χ1n) is 5.09. The molecule has 0 aliphatic rings. The van der Waals surface area contributed by atoms with Crippen LogP contribution in [0.15, 0.2) is 18.2 Å². The fourth-order valence-corrected chi connectivity index (χ4v) is 1.28. The predicted molar refractivity (Wildman–Crippen MR) is 61.4 cm³/mol. The van der Waals surface area contributed by atoms with Crippen LogP contribution in [0.25, 0.3) is 0 Å². The summed E-state index contributed by atoms with van der Waals surface area (Å²) in [5.41, 5.74) is 5.06. The third kappa shape index (κ3) is 3.17. The van der Waals surface area contributed by atoms with Crippen molar-refractivity contribution in [2.45, 2.75) is 19.1 Å². The maximum absolute atomic E-state index is 13.1. The van der Waals surface area contributed by atoms with E-state index in [9.17, 15) is 19.1 Å². The number of hydrogen-bond acceptors (Lipinski definition) is 4. The third-order valence-electron chi connectivity index (χ3n) is 2.30. The lowest BCUT2D eigenvalue weighted by atomic mass is 10.1. The van der Waals surface area contributed by atoms with Gasteiger partial charge < -0.3 is 21.3 Å². The zero-order valence-corrected chi connectivity index (χ0v) is 9.55. The molecular weight excluding hydrogens is 243 g/mol. The molecular formula is C11H13FN2O4. The van der Waals surface area contributed by atoms with Gasteiger partial charge in [-0.1, -0.05) is 0 Å². The molecule has 0 radical (unpaired) electrons. The Hall–Kier alpha value is -2.15. The highest BCUT2D eigenvalue weighted by Crippen LogP contribution is 2.12. The van der Waals surface area contributed by atoms with E-state index in [1.54, 1.807) is 0 Å². The number of carboxylic acids is 1. The van der Waals surface area contributed by atoms with Crippen molar-refractivity contribution in [3.8, 4) is 0 Å². The molecule has 1 aromatic carbocycles. The summed E-state index contributed by atoms with van der Waals surface area (Å²) in [7, 11) is 0. The lowest BCUT2D eigenvalue weighted by molar-refractivity contribution is -0.141. The van der Waals surface area contributed by atoms with Gasteiger partial charge in [0.2, 0.25) is 0 Å². The average Bonchev–Trinajstić information content (AvgIpc) is 2.28. The molecule has 2 unspecified atom stereocenters. The molecule has 0 spiro atoms. The van der Waals surface area contributed by atoms with E-state index in [2.05, 4.69) is 5.32 Å². The molecule has 0 fully saturated rings. The highest BCUT2D eigenvalue weighted by Gasteiger charge is 2.25. The average molecular weight is 256 g/mol. The van der Waals surface area contributed by atoms with E-state index < -0.39 is 29.8 Å². The van der Waals surface area contributed by atoms with Crippen molar-refractivity contribution in [1.82, 2.24) is 5.32 Å². The number of amides is 1. The van der Waals surface area contributed by atoms with Crippen molar-refractivity contribution < 1.29 is 24.2 Å². The summed E-state index contributed by atoms with van der Waals surface area (Å²) in [6, 6.07) is 1.89. The number of rotatable bonds is 4. The van der Waals surface area contributed by atoms with Gasteiger partial charge in [0, 0.05) is 5.56 Å². The summed E-state index contributed by atoms with van der Waals surface area (Å²) in [6.45, 7) is 1.22. The fraction of sp³-hybridized carbons (Fsp3) is 0.273. The smallest absolute Gasteiger partial charge is 0.328 e. The van der Waals surface area contributed by atoms with Crippen LogP contribution in [0.1, 0.15) is 17.3 Å². The molecule has 2 atom stereocenters. The molecule has 18 heavy (non-hydrogen) atoms. The Balaban J connectivity index is 2.87. The second kappa shape index (κ2) is 5.46. The molecule has 1 rings (SSSR count). The van der Waals surface area contributed by atoms with Gasteiger partial charge >= 0.3 is 5.97 Å². The molecule has 6 nitrogen and oxygen atoms in total. The Morgan fingerprint density at radius 1 is 1.44 bits per heavy atom. The lowest BCUT2D eigenvalue weighted by Gasteiger charge is -2.17. The quantitative estimate of drug-likeness (QED) is 0.565. The van der Waals surface area contributed by atoms with Gasteiger partial charge in [0.1, 0.15) is 5.82 Å². The van der Waals surface area contributed by atoms with E-state index >= 15 is 0 Å². The number of carbonyl (C=O) groups excluding carboxylic acids is 1. The molecule has 0 bridgehead atoms. The summed E-state index contributed by atoms with van der Waals surface area (Å²) < 4.78 is 13.1. The van der Waals surface area contributed by atoms with Gasteiger partial charge in [-0.2, -0.15) is 0 Å². The lowest BCUT2D eigenvalue weighted by Crippen LogP contribution is -2.47. The van der Waals surface area contributed by atoms with Crippen molar-refractivity contribution in [2.24, 2.45) is 0 Å². The Labute approximate surface area is 102 Å². The van der Waals surface area contributed by atoms with E-state index in [1.807, 2.05) is 0 Å². The topological polar surface area (TPSA) is 113 Å². The molecule has 0 aromatic heterocycles. The number of carbonyl (C=O) groups is 2. The number of nitrogens with one attached hydrogen (secondary N) is 1. The highest BCUT2D eigenvalue weighted by molar-refractivity contribution is 5.97. The first-order valence-corrected chi connectivity index (χ1v) is 5.09. The monoisotopic (exact) mass is 256 g/mol. The van der Waals surface area contributed by atoms with Gasteiger partial charge in [0.25, 0.3) is 5.91 Å². The van der Waals surface area contributed by atoms with E-state index in [-0.39, 0.29) is 11.3 Å². The predicted octanol–water partition coefficient (Wildman–Crippen LogP) is -0.0283. The van der Waals surface area contributed by atoms with E-state index in [4.69, 9.17) is 10.8 Å². The van der Waals surface area contributed by atoms with Gasteiger partial charge in [-0.25, -0.2) is 9.18 Å². The summed E-state index contributed by atoms with van der Waals surface area (Å²) >= 11 is 0. The molecule has 1 aromatic rings. The normalized spacial score (nSPS) is 13.7. The van der Waals surface area contributed by atoms with Gasteiger partial charge in [-0.05, 0) is 25.1 Å². The summed E-state index contributed by atoms with van der Waals surface area (Å²) in [6.07, 6.45) is -1.27. The van der Waals surface area contributed by atoms with Crippen LogP contribution in [0.5, 0.6) is 0 Å². The van der Waals surface area contributed by atoms with Crippen molar-refractivity contribution in [1.29, 1.82) is 0 Å². The zero-order chi connectivity index (χ0) is 13.9. The number of hydrogen-bond donors (Lipinski definition) is 4. The van der Waals surface area contributed by atoms with Crippen LogP contribution in [-0.2, 0) is 4.79 Å². The summed E-state index contributed by atoms with van der Waals surface area (Å²) in [4.78, 5) is 22.4. The number of aliphatic hydroxyl groups excluding tert-OH is 1. The molecule has 98 valence electrons. The van der Waals surface area contributed by atoms with Crippen LogP contribution in [0.3, 0.4) is 0 Å². The second-order valence-electron chi connectivity index (χ2n) is 3.77. The minimum absolute atomic E-state index is 0.0754. The number of aliphatic hydroxyl groups is 1. The number of nitrogens with two attached hydrogens (primary N) is 1. The third-order valence-corrected chi connectivity index (χ3v) is 2.30. The number of aliphatic carboxylic acids is 1. The number of nitrogen functional groups attached to an aromatic ring is 1. The molecule has 0 aliphatic heterocycles. The SMILES string of the molecule is CC(O)C(NC(=O)c1ccc(N)c(F)c1)C(=O)O. The Kier molecular flexibility index (Phi) is 4.22. The number of halogens is 1.